The molecule has 3 heteroatoms. The van der Waals surface area contributed by atoms with E-state index in [4.69, 9.17) is 0 Å². The Bertz CT molecular complexity index is 479. The third kappa shape index (κ3) is 3.46. The summed E-state index contributed by atoms with van der Waals surface area (Å²) in [4.78, 5) is 14.6. The summed E-state index contributed by atoms with van der Waals surface area (Å²) >= 11 is 0. The average molecular weight is 287 g/mol. The third-order valence-corrected chi connectivity index (χ3v) is 5.03. The fourth-order valence-corrected chi connectivity index (χ4v) is 3.86. The van der Waals surface area contributed by atoms with Crippen LogP contribution in [0.3, 0.4) is 0 Å². The van der Waals surface area contributed by atoms with Crippen molar-refractivity contribution in [2.75, 3.05) is 6.54 Å². The summed E-state index contributed by atoms with van der Waals surface area (Å²) in [6.45, 7) is 0.854. The van der Waals surface area contributed by atoms with Gasteiger partial charge < -0.3 is 10.0 Å². The predicted molar refractivity (Wildman–Crippen MR) is 82.9 cm³/mol. The molecule has 1 heterocycles. The van der Waals surface area contributed by atoms with E-state index in [9.17, 15) is 9.90 Å². The molecule has 1 aliphatic carbocycles. The minimum atomic E-state index is -0.725. The van der Waals surface area contributed by atoms with Gasteiger partial charge in [0, 0.05) is 12.6 Å². The van der Waals surface area contributed by atoms with Gasteiger partial charge in [0.2, 0.25) is 5.91 Å². The molecule has 0 aromatic heterocycles. The first-order valence-electron chi connectivity index (χ1n) is 8.22. The Labute approximate surface area is 127 Å². The predicted octanol–water partition coefficient (Wildman–Crippen LogP) is 2.92. The molecule has 3 rings (SSSR count). The van der Waals surface area contributed by atoms with Crippen LogP contribution in [-0.2, 0) is 11.2 Å². The van der Waals surface area contributed by atoms with Gasteiger partial charge in [-0.25, -0.2) is 0 Å². The number of hydrogen-bond donors (Lipinski definition) is 1. The molecule has 0 radical (unpaired) electrons. The quantitative estimate of drug-likeness (QED) is 0.925. The molecule has 1 N–H and O–H groups in total. The van der Waals surface area contributed by atoms with Gasteiger partial charge in [-0.3, -0.25) is 4.79 Å². The largest absolute Gasteiger partial charge is 0.389 e. The molecule has 1 saturated carbocycles. The molecule has 0 bridgehead atoms. The highest BCUT2D eigenvalue weighted by Crippen LogP contribution is 2.34. The van der Waals surface area contributed by atoms with Crippen LogP contribution in [0.4, 0.5) is 0 Å². The van der Waals surface area contributed by atoms with Gasteiger partial charge in [-0.2, -0.15) is 0 Å². The van der Waals surface area contributed by atoms with Crippen molar-refractivity contribution in [2.45, 2.75) is 63.0 Å². The molecule has 3 nitrogen and oxygen atoms in total. The van der Waals surface area contributed by atoms with Crippen molar-refractivity contribution >= 4 is 5.91 Å². The number of carbonyl (C=O) groups excluding carboxylic acids is 1. The maximum Gasteiger partial charge on any atom is 0.225 e. The van der Waals surface area contributed by atoms with E-state index in [-0.39, 0.29) is 5.91 Å². The number of carbonyl (C=O) groups is 1. The van der Waals surface area contributed by atoms with E-state index in [1.807, 2.05) is 11.0 Å². The molecule has 1 unspecified atom stereocenters. The van der Waals surface area contributed by atoms with Gasteiger partial charge in [-0.1, -0.05) is 43.2 Å². The zero-order chi connectivity index (χ0) is 14.7. The Morgan fingerprint density at radius 2 is 1.90 bits per heavy atom. The van der Waals surface area contributed by atoms with Crippen LogP contribution in [-0.4, -0.2) is 34.1 Å². The molecular weight excluding hydrogens is 262 g/mol. The fraction of sp³-hybridized carbons (Fsp3) is 0.611. The SMILES string of the molecule is O=C(CC1(O)CCCC1)N1CCCC1Cc1ccccc1. The van der Waals surface area contributed by atoms with Gasteiger partial charge in [-0.15, -0.1) is 0 Å². The molecule has 1 aromatic rings. The van der Waals surface area contributed by atoms with E-state index in [1.165, 1.54) is 5.56 Å². The second-order valence-electron chi connectivity index (χ2n) is 6.68. The van der Waals surface area contributed by atoms with Crippen molar-refractivity contribution in [3.63, 3.8) is 0 Å². The van der Waals surface area contributed by atoms with E-state index in [0.717, 1.165) is 51.5 Å². The van der Waals surface area contributed by atoms with E-state index in [2.05, 4.69) is 24.3 Å². The van der Waals surface area contributed by atoms with Crippen molar-refractivity contribution < 1.29 is 9.90 Å². The smallest absolute Gasteiger partial charge is 0.225 e. The zero-order valence-electron chi connectivity index (χ0n) is 12.6. The van der Waals surface area contributed by atoms with Crippen LogP contribution in [0.15, 0.2) is 30.3 Å². The Balaban J connectivity index is 1.62. The summed E-state index contributed by atoms with van der Waals surface area (Å²) in [6, 6.07) is 10.7. The molecule has 1 atom stereocenters. The van der Waals surface area contributed by atoms with Crippen LogP contribution in [0.5, 0.6) is 0 Å². The summed E-state index contributed by atoms with van der Waals surface area (Å²) in [6.07, 6.45) is 7.10. The first-order valence-corrected chi connectivity index (χ1v) is 8.22. The normalized spacial score (nSPS) is 24.4. The first kappa shape index (κ1) is 14.6. The van der Waals surface area contributed by atoms with Gasteiger partial charge in [0.1, 0.15) is 0 Å². The van der Waals surface area contributed by atoms with Crippen molar-refractivity contribution in [2.24, 2.45) is 0 Å². The van der Waals surface area contributed by atoms with Gasteiger partial charge in [0.15, 0.2) is 0 Å². The number of benzene rings is 1. The molecule has 2 fully saturated rings. The summed E-state index contributed by atoms with van der Waals surface area (Å²) in [7, 11) is 0. The second-order valence-corrected chi connectivity index (χ2v) is 6.68. The molecule has 21 heavy (non-hydrogen) atoms. The molecule has 1 amide bonds. The Morgan fingerprint density at radius 1 is 1.19 bits per heavy atom. The lowest BCUT2D eigenvalue weighted by Gasteiger charge is -2.29. The second kappa shape index (κ2) is 6.18. The minimum Gasteiger partial charge on any atom is -0.389 e. The maximum atomic E-state index is 12.6. The van der Waals surface area contributed by atoms with Crippen molar-refractivity contribution in [1.29, 1.82) is 0 Å². The number of amides is 1. The van der Waals surface area contributed by atoms with E-state index >= 15 is 0 Å². The van der Waals surface area contributed by atoms with E-state index in [1.54, 1.807) is 0 Å². The lowest BCUT2D eigenvalue weighted by atomic mass is 9.96. The Morgan fingerprint density at radius 3 is 2.62 bits per heavy atom. The van der Waals surface area contributed by atoms with Gasteiger partial charge in [0.05, 0.1) is 12.0 Å². The highest BCUT2D eigenvalue weighted by Gasteiger charge is 2.37. The first-order chi connectivity index (χ1) is 10.2. The van der Waals surface area contributed by atoms with Crippen molar-refractivity contribution in [3.05, 3.63) is 35.9 Å². The number of likely N-dealkylation sites (tertiary alicyclic amines) is 1. The lowest BCUT2D eigenvalue weighted by molar-refractivity contribution is -0.137. The van der Waals surface area contributed by atoms with Gasteiger partial charge >= 0.3 is 0 Å². The van der Waals surface area contributed by atoms with Crippen LogP contribution < -0.4 is 0 Å². The highest BCUT2D eigenvalue weighted by molar-refractivity contribution is 5.78. The minimum absolute atomic E-state index is 0.151. The number of nitrogens with zero attached hydrogens (tertiary/aromatic N) is 1. The topological polar surface area (TPSA) is 40.5 Å². The molecular formula is C18H25NO2. The van der Waals surface area contributed by atoms with E-state index < -0.39 is 5.60 Å². The summed E-state index contributed by atoms with van der Waals surface area (Å²) in [5, 5.41) is 10.5. The van der Waals surface area contributed by atoms with Crippen LogP contribution in [0.2, 0.25) is 0 Å². The average Bonchev–Trinajstić information content (AvgIpc) is 3.09. The number of hydrogen-bond acceptors (Lipinski definition) is 2. The lowest BCUT2D eigenvalue weighted by Crippen LogP contribution is -2.41. The van der Waals surface area contributed by atoms with Crippen molar-refractivity contribution in [1.82, 2.24) is 4.90 Å². The van der Waals surface area contributed by atoms with Crippen LogP contribution in [0.1, 0.15) is 50.5 Å². The third-order valence-electron chi connectivity index (χ3n) is 5.03. The molecule has 2 aliphatic rings. The zero-order valence-corrected chi connectivity index (χ0v) is 12.6. The standard InChI is InChI=1S/C18H25NO2/c20-17(14-18(21)10-4-5-11-18)19-12-6-9-16(19)13-15-7-2-1-3-8-15/h1-3,7-8,16,21H,4-6,9-14H2. The summed E-state index contributed by atoms with van der Waals surface area (Å²) in [5.74, 6) is 0.151. The molecule has 1 aliphatic heterocycles. The summed E-state index contributed by atoms with van der Waals surface area (Å²) < 4.78 is 0. The molecule has 1 aromatic carbocycles. The van der Waals surface area contributed by atoms with Crippen LogP contribution in [0.25, 0.3) is 0 Å². The highest BCUT2D eigenvalue weighted by atomic mass is 16.3. The Hall–Kier alpha value is -1.35. The van der Waals surface area contributed by atoms with Crippen LogP contribution >= 0.6 is 0 Å². The molecule has 1 saturated heterocycles. The maximum absolute atomic E-state index is 12.6. The monoisotopic (exact) mass is 287 g/mol. The van der Waals surface area contributed by atoms with E-state index in [0.29, 0.717) is 12.5 Å². The molecule has 114 valence electrons. The van der Waals surface area contributed by atoms with Crippen molar-refractivity contribution in [3.8, 4) is 0 Å². The Kier molecular flexibility index (Phi) is 4.29. The number of aliphatic hydroxyl groups is 1. The van der Waals surface area contributed by atoms with Crippen LogP contribution in [0, 0.1) is 0 Å². The summed E-state index contributed by atoms with van der Waals surface area (Å²) in [5.41, 5.74) is 0.568. The molecule has 0 spiro atoms. The fourth-order valence-electron chi connectivity index (χ4n) is 3.86. The van der Waals surface area contributed by atoms with Gasteiger partial charge in [-0.05, 0) is 37.7 Å². The number of rotatable bonds is 4. The van der Waals surface area contributed by atoms with Gasteiger partial charge in [0.25, 0.3) is 0 Å².